The van der Waals surface area contributed by atoms with Crippen molar-refractivity contribution in [2.24, 2.45) is 5.73 Å². The summed E-state index contributed by atoms with van der Waals surface area (Å²) in [6, 6.07) is 37.9. The van der Waals surface area contributed by atoms with E-state index in [9.17, 15) is 24.0 Å². The van der Waals surface area contributed by atoms with Gasteiger partial charge < -0.3 is 45.4 Å². The molecule has 0 fully saturated rings. The SMILES string of the molecule is C.COC(=O)/C=C/c1cc2c(Oc3ccc(Br)cc3)cncc2s1.COC(=O)C=PP.Cl.N.NC(=O)/C=C/c1cc2c(Oc3ccc(Br)cc3)cncc2s1.O=C(O)/C=C/c1cc2c(Oc3ccc(Br)cc3)cncc2s1.O=Cc1cc2c(Oc3ccc(Br)cc3)cncc2s1. The van der Waals surface area contributed by atoms with Crippen LogP contribution < -0.4 is 30.8 Å². The summed E-state index contributed by atoms with van der Waals surface area (Å²) in [5, 5.41) is 12.4. The zero-order valence-corrected chi connectivity index (χ0v) is 61.8. The smallest absolute Gasteiger partial charge is 0.335 e. The molecule has 0 aliphatic rings. The van der Waals surface area contributed by atoms with Crippen LogP contribution in [-0.2, 0) is 28.7 Å². The number of hydrogen-bond donors (Lipinski definition) is 3. The average Bonchev–Trinajstić information content (AvgIpc) is 1.69. The molecule has 0 spiro atoms. The molecule has 0 saturated carbocycles. The fourth-order valence-corrected chi connectivity index (χ4v) is 13.0. The quantitative estimate of drug-likeness (QED) is 0.0351. The van der Waals surface area contributed by atoms with Gasteiger partial charge >= 0.3 is 17.9 Å². The number of ether oxygens (including phenoxy) is 6. The highest BCUT2D eigenvalue weighted by atomic mass is 79.9. The number of esters is 2. The predicted molar refractivity (Wildman–Crippen MR) is 410 cm³/mol. The molecule has 29 heteroatoms. The highest BCUT2D eigenvalue weighted by Gasteiger charge is 2.13. The second-order valence-electron chi connectivity index (χ2n) is 18.2. The van der Waals surface area contributed by atoms with Crippen LogP contribution in [0.4, 0.5) is 0 Å². The summed E-state index contributed by atoms with van der Waals surface area (Å²) >= 11 is 19.5. The van der Waals surface area contributed by atoms with Gasteiger partial charge in [-0.15, -0.1) is 57.8 Å². The van der Waals surface area contributed by atoms with Crippen LogP contribution in [-0.4, -0.2) is 75.2 Å². The van der Waals surface area contributed by atoms with Gasteiger partial charge in [0.15, 0.2) is 29.3 Å². The van der Waals surface area contributed by atoms with Crippen LogP contribution in [0.15, 0.2) is 207 Å². The minimum absolute atomic E-state index is 0. The van der Waals surface area contributed by atoms with E-state index < -0.39 is 11.9 Å². The minimum Gasteiger partial charge on any atom is -0.478 e. The zero-order chi connectivity index (χ0) is 66.2. The fraction of sp³-hybridized carbons (Fsp3) is 0.0448. The number of fused-ring (bicyclic) bond motifs is 4. The van der Waals surface area contributed by atoms with Crippen molar-refractivity contribution in [2.45, 2.75) is 7.43 Å². The number of pyridine rings is 4. The van der Waals surface area contributed by atoms with E-state index in [1.807, 2.05) is 121 Å². The number of methoxy groups -OCH3 is 2. The number of thiophene rings is 4. The molecule has 0 aliphatic heterocycles. The topological polar surface area (TPSA) is 274 Å². The molecule has 8 heterocycles. The van der Waals surface area contributed by atoms with Crippen LogP contribution >= 0.6 is 138 Å². The number of aliphatic carboxylic acids is 1. The molecule has 6 N–H and O–H groups in total. The number of aromatic nitrogens is 4. The molecule has 18 nitrogen and oxygen atoms in total. The maximum Gasteiger partial charge on any atom is 0.335 e. The van der Waals surface area contributed by atoms with Crippen molar-refractivity contribution in [3.63, 3.8) is 0 Å². The second kappa shape index (κ2) is 39.9. The standard InChI is InChI=1S/C17H12BrNO3S.C16H11BrN2O2S.C16H10BrNO3S.C14H8BrNO2S.C3H6O2P2.CH4.ClH.H3N/c1-21-17(20)7-6-13-8-14-15(9-19-10-16(14)23-13)22-12-4-2-11(18)3-5-12;17-10-1-3-11(4-2-10)21-14-8-19-9-15-13(14)7-12(22-15)5-6-16(18)20;17-10-1-3-11(4-2-10)21-14-8-18-9-15-13(14)7-12(22-15)5-6-16(19)20;15-9-1-3-10(4-2-9)18-13-6-16-7-14-12(13)5-11(8-17)19-14;1-5-3(4)2-7-6;;;/h2-10H,1H3;1-9H,(H2,18,20);1-9H,(H,19,20);1-8H;2H,6H2,1H3;1H4;1H;1H3/b7-6+;2*6-5+;;;;;. The van der Waals surface area contributed by atoms with Crippen LogP contribution in [0.25, 0.3) is 58.6 Å². The van der Waals surface area contributed by atoms with Crippen LogP contribution in [0.1, 0.15) is 31.7 Å². The van der Waals surface area contributed by atoms with Gasteiger partial charge in [-0.2, -0.15) is 0 Å². The Morgan fingerprint density at radius 3 is 1.01 bits per heavy atom. The first kappa shape index (κ1) is 78.8. The molecule has 96 heavy (non-hydrogen) atoms. The normalized spacial score (nSPS) is 10.5. The number of primary amides is 1. The lowest BCUT2D eigenvalue weighted by molar-refractivity contribution is -0.135. The van der Waals surface area contributed by atoms with E-state index in [4.69, 9.17) is 29.8 Å². The number of halogens is 5. The molecule has 494 valence electrons. The number of nitrogens with zero attached hydrogens (tertiary/aromatic N) is 4. The maximum absolute atomic E-state index is 11.2. The Morgan fingerprint density at radius 1 is 0.469 bits per heavy atom. The lowest BCUT2D eigenvalue weighted by Gasteiger charge is -2.06. The van der Waals surface area contributed by atoms with Gasteiger partial charge in [0.2, 0.25) is 5.91 Å². The summed E-state index contributed by atoms with van der Waals surface area (Å²) in [5.74, 6) is 4.89. The van der Waals surface area contributed by atoms with Gasteiger partial charge in [-0.25, -0.2) is 14.4 Å². The molecule has 12 rings (SSSR count). The van der Waals surface area contributed by atoms with Gasteiger partial charge in [0, 0.05) is 97.1 Å². The van der Waals surface area contributed by atoms with Gasteiger partial charge in [-0.1, -0.05) is 88.0 Å². The number of carbonyl (C=O) groups excluding carboxylic acids is 4. The molecule has 0 aliphatic carbocycles. The van der Waals surface area contributed by atoms with E-state index in [1.165, 1.54) is 77.5 Å². The Kier molecular flexibility index (Phi) is 32.8. The first-order valence-corrected chi connectivity index (χ1v) is 35.6. The third kappa shape index (κ3) is 24.3. The van der Waals surface area contributed by atoms with Crippen molar-refractivity contribution < 1.29 is 57.5 Å². The van der Waals surface area contributed by atoms with Gasteiger partial charge in [-0.05, 0) is 140 Å². The summed E-state index contributed by atoms with van der Waals surface area (Å²) in [4.78, 5) is 73.6. The van der Waals surface area contributed by atoms with Crippen molar-refractivity contribution >= 4 is 233 Å². The summed E-state index contributed by atoms with van der Waals surface area (Å²) < 4.78 is 40.2. The van der Waals surface area contributed by atoms with Crippen LogP contribution in [0.5, 0.6) is 46.0 Å². The number of carbonyl (C=O) groups is 5. The van der Waals surface area contributed by atoms with E-state index in [1.54, 1.807) is 67.8 Å². The molecule has 1 unspecified atom stereocenters. The molecule has 0 saturated heterocycles. The average molecular weight is 1680 g/mol. The summed E-state index contributed by atoms with van der Waals surface area (Å²) in [5.41, 5.74) is 5.12. The lowest BCUT2D eigenvalue weighted by Crippen LogP contribution is -2.04. The highest BCUT2D eigenvalue weighted by molar-refractivity contribution is 9.11. The van der Waals surface area contributed by atoms with Gasteiger partial charge in [0.05, 0.1) is 68.5 Å². The Labute approximate surface area is 610 Å². The van der Waals surface area contributed by atoms with Crippen molar-refractivity contribution in [3.8, 4) is 46.0 Å². The van der Waals surface area contributed by atoms with E-state index in [-0.39, 0.29) is 37.9 Å². The zero-order valence-electron chi connectivity index (χ0n) is 49.4. The van der Waals surface area contributed by atoms with Gasteiger partial charge in [0.1, 0.15) is 23.0 Å². The Bertz CT molecular complexity index is 4570. The Balaban J connectivity index is 0.000000222. The molecular weight excluding hydrogens is 1630 g/mol. The van der Waals surface area contributed by atoms with Crippen molar-refractivity contribution in [2.75, 3.05) is 14.2 Å². The highest BCUT2D eigenvalue weighted by Crippen LogP contribution is 2.39. The molecule has 0 bridgehead atoms. The monoisotopic (exact) mass is 1680 g/mol. The Hall–Kier alpha value is -7.94. The third-order valence-corrected chi connectivity index (χ3v) is 18.8. The van der Waals surface area contributed by atoms with Crippen molar-refractivity contribution in [3.05, 3.63) is 227 Å². The summed E-state index contributed by atoms with van der Waals surface area (Å²) in [7, 11) is 5.93. The van der Waals surface area contributed by atoms with E-state index in [0.29, 0.717) is 33.6 Å². The second-order valence-corrected chi connectivity index (χ2v) is 27.8. The molecule has 4 aromatic carbocycles. The molecule has 0 radical (unpaired) electrons. The first-order valence-electron chi connectivity index (χ1n) is 26.6. The van der Waals surface area contributed by atoms with E-state index in [0.717, 1.165) is 110 Å². The maximum atomic E-state index is 11.2. The fourth-order valence-electron chi connectivity index (χ4n) is 7.62. The Morgan fingerprint density at radius 2 is 0.750 bits per heavy atom. The molecular formula is C67H55Br4ClN6O12P2S4. The van der Waals surface area contributed by atoms with Crippen LogP contribution in [0.3, 0.4) is 0 Å². The lowest BCUT2D eigenvalue weighted by atomic mass is 10.2. The molecule has 1 amide bonds. The molecule has 12 aromatic rings. The summed E-state index contributed by atoms with van der Waals surface area (Å²) in [6.45, 7) is 0. The number of rotatable bonds is 16. The number of benzene rings is 4. The number of carboxylic acids is 1. The molecule has 1 atom stereocenters. The minimum atomic E-state index is -0.970. The summed E-state index contributed by atoms with van der Waals surface area (Å²) in [6.07, 6.45) is 23.4. The number of hydrogen-bond acceptors (Lipinski definition) is 20. The van der Waals surface area contributed by atoms with Crippen molar-refractivity contribution in [1.29, 1.82) is 0 Å². The number of carboxylic acid groups (broad SMARTS) is 1. The number of nitrogens with two attached hydrogens (primary N) is 1. The largest absolute Gasteiger partial charge is 0.478 e. The first-order chi connectivity index (χ1) is 44.9. The van der Waals surface area contributed by atoms with E-state index >= 15 is 0 Å². The van der Waals surface area contributed by atoms with Gasteiger partial charge in [0.25, 0.3) is 0 Å². The van der Waals surface area contributed by atoms with E-state index in [2.05, 4.69) is 102 Å². The van der Waals surface area contributed by atoms with Gasteiger partial charge in [-0.3, -0.25) is 29.5 Å². The van der Waals surface area contributed by atoms with Crippen molar-refractivity contribution in [1.82, 2.24) is 26.1 Å². The molecule has 8 aromatic heterocycles. The number of amides is 1. The predicted octanol–water partition coefficient (Wildman–Crippen LogP) is 20.9. The third-order valence-electron chi connectivity index (χ3n) is 11.8. The number of aldehydes is 1. The van der Waals surface area contributed by atoms with Crippen LogP contribution in [0, 0.1) is 0 Å². The van der Waals surface area contributed by atoms with Crippen LogP contribution in [0.2, 0.25) is 0 Å².